The molecular weight excluding hydrogens is 578 g/mol. The molecule has 0 radical (unpaired) electrons. The lowest BCUT2D eigenvalue weighted by atomic mass is 9.98. The number of aromatic hydroxyl groups is 1. The second kappa shape index (κ2) is 10.9. The van der Waals surface area contributed by atoms with Crippen LogP contribution in [0.25, 0.3) is 0 Å². The van der Waals surface area contributed by atoms with Gasteiger partial charge < -0.3 is 36.0 Å². The number of carboxylic acids is 1. The minimum Gasteiger partial charge on any atom is -0.503 e. The van der Waals surface area contributed by atoms with Crippen molar-refractivity contribution < 1.29 is 47.2 Å². The summed E-state index contributed by atoms with van der Waals surface area (Å²) in [5.74, 6) is -5.38. The summed E-state index contributed by atoms with van der Waals surface area (Å²) in [6.07, 6.45) is 0.970. The molecule has 0 unspecified atom stereocenters. The molecule has 1 aliphatic rings. The molecule has 1 fully saturated rings. The first-order valence-electron chi connectivity index (χ1n) is 10.9. The van der Waals surface area contributed by atoms with E-state index in [2.05, 4.69) is 20.8 Å². The predicted octanol–water partition coefficient (Wildman–Crippen LogP) is -2.36. The first kappa shape index (κ1) is 30.0. The number of anilines is 1. The Hall–Kier alpha value is -4.56. The number of pyridine rings is 1. The lowest BCUT2D eigenvalue weighted by Gasteiger charge is -2.44. The molecule has 2 aromatic rings. The highest BCUT2D eigenvalue weighted by Gasteiger charge is 2.54. The number of carboxylic acid groups (broad SMARTS) is 1. The molecule has 3 heterocycles. The van der Waals surface area contributed by atoms with Crippen LogP contribution in [0.15, 0.2) is 27.6 Å². The average molecular weight is 602 g/mol. The molecule has 1 saturated heterocycles. The molecule has 3 rings (SSSR count). The van der Waals surface area contributed by atoms with E-state index >= 15 is 0 Å². The number of carbonyl (C=O) groups excluding carboxylic acids is 3. The summed E-state index contributed by atoms with van der Waals surface area (Å²) in [6, 6.07) is -2.35. The van der Waals surface area contributed by atoms with Gasteiger partial charge in [-0.1, -0.05) is 5.16 Å². The molecular formula is C20H23N7O11S2. The zero-order chi connectivity index (χ0) is 30.2. The minimum atomic E-state index is -5.13. The predicted molar refractivity (Wildman–Crippen MR) is 136 cm³/mol. The van der Waals surface area contributed by atoms with Crippen LogP contribution in [0.1, 0.15) is 30.0 Å². The van der Waals surface area contributed by atoms with Crippen molar-refractivity contribution in [2.75, 3.05) is 12.3 Å². The summed E-state index contributed by atoms with van der Waals surface area (Å²) in [6.45, 7) is 1.65. The fraction of sp³-hybridized carbons (Fsp3) is 0.350. The normalized spacial score (nSPS) is 17.6. The number of aliphatic carboxylic acids is 1. The Morgan fingerprint density at radius 2 is 1.95 bits per heavy atom. The number of rotatable bonds is 10. The van der Waals surface area contributed by atoms with Gasteiger partial charge in [0.05, 0.1) is 12.2 Å². The molecule has 40 heavy (non-hydrogen) atoms. The summed E-state index contributed by atoms with van der Waals surface area (Å²) >= 11 is 0.905. The van der Waals surface area contributed by atoms with Crippen LogP contribution in [0.4, 0.5) is 5.13 Å². The van der Waals surface area contributed by atoms with Crippen molar-refractivity contribution in [1.82, 2.24) is 24.5 Å². The fourth-order valence-electron chi connectivity index (χ4n) is 3.30. The number of carbonyl (C=O) groups is 4. The Labute approximate surface area is 228 Å². The van der Waals surface area contributed by atoms with E-state index in [1.54, 1.807) is 0 Å². The van der Waals surface area contributed by atoms with Crippen molar-refractivity contribution in [2.45, 2.75) is 31.5 Å². The Kier molecular flexibility index (Phi) is 8.17. The van der Waals surface area contributed by atoms with Gasteiger partial charge in [-0.3, -0.25) is 23.7 Å². The molecule has 0 spiro atoms. The molecule has 7 N–H and O–H groups in total. The van der Waals surface area contributed by atoms with Gasteiger partial charge in [-0.2, -0.15) is 8.42 Å². The van der Waals surface area contributed by atoms with Gasteiger partial charge in [-0.05, 0) is 13.8 Å². The van der Waals surface area contributed by atoms with Gasteiger partial charge in [-0.25, -0.2) is 14.1 Å². The van der Waals surface area contributed by atoms with Crippen molar-refractivity contribution in [3.8, 4) is 5.75 Å². The minimum absolute atomic E-state index is 0.00878. The van der Waals surface area contributed by atoms with E-state index < -0.39 is 75.1 Å². The number of hydrogen-bond donors (Lipinski definition) is 6. The van der Waals surface area contributed by atoms with Gasteiger partial charge in [0.2, 0.25) is 11.0 Å². The second-order valence-corrected chi connectivity index (χ2v) is 11.0. The maximum Gasteiger partial charge on any atom is 0.362 e. The molecule has 18 nitrogen and oxygen atoms in total. The Balaban J connectivity index is 1.86. The zero-order valence-corrected chi connectivity index (χ0v) is 22.5. The summed E-state index contributed by atoms with van der Waals surface area (Å²) in [5.41, 5.74) is 1.84. The van der Waals surface area contributed by atoms with Crippen LogP contribution >= 0.6 is 11.3 Å². The Bertz CT molecular complexity index is 1580. The topological polar surface area (TPSA) is 273 Å². The van der Waals surface area contributed by atoms with E-state index in [1.807, 2.05) is 0 Å². The summed E-state index contributed by atoms with van der Waals surface area (Å²) in [5, 5.41) is 28.1. The van der Waals surface area contributed by atoms with Crippen molar-refractivity contribution in [1.29, 1.82) is 0 Å². The number of nitrogens with one attached hydrogen (secondary N) is 2. The van der Waals surface area contributed by atoms with Gasteiger partial charge in [0.15, 0.2) is 16.6 Å². The van der Waals surface area contributed by atoms with Crippen LogP contribution < -0.4 is 21.8 Å². The first-order valence-corrected chi connectivity index (χ1v) is 13.2. The third-order valence-electron chi connectivity index (χ3n) is 5.48. The molecule has 20 heteroatoms. The van der Waals surface area contributed by atoms with Crippen molar-refractivity contribution in [3.05, 3.63) is 39.3 Å². The molecule has 0 aliphatic carbocycles. The second-order valence-electron chi connectivity index (χ2n) is 8.78. The molecule has 3 amide bonds. The molecule has 216 valence electrons. The summed E-state index contributed by atoms with van der Waals surface area (Å²) in [7, 11) is -3.79. The number of nitrogens with zero attached hydrogens (tertiary/aromatic N) is 4. The van der Waals surface area contributed by atoms with E-state index in [0.29, 0.717) is 0 Å². The molecule has 2 aromatic heterocycles. The fourth-order valence-corrected chi connectivity index (χ4v) is 4.73. The monoisotopic (exact) mass is 601 g/mol. The van der Waals surface area contributed by atoms with Gasteiger partial charge >= 0.3 is 16.3 Å². The lowest BCUT2D eigenvalue weighted by molar-refractivity contribution is -0.161. The standard InChI is InChI=1S/C20H23N7O11S2/c1-20(2,18(33)34)38-25-13(8-7-39-19(21)23-8)16(31)24-14-10(27(17(14)32)40(35,36)37)5-22-15(30)9-4-11(28)12(29)6-26(9)3/h4,6-7,10,14,29H,5H2,1-3H3,(H2,21,23)(H,22,30)(H,24,31)(H,33,34)(H,35,36,37)/b25-13-/t10-,14+/m1/s1. The van der Waals surface area contributed by atoms with Gasteiger partial charge in [0.25, 0.3) is 17.7 Å². The van der Waals surface area contributed by atoms with E-state index in [4.69, 9.17) is 10.6 Å². The number of oxime groups is 1. The third kappa shape index (κ3) is 6.18. The number of β-lactam (4-membered cyclic amide) rings is 1. The number of amides is 3. The molecule has 2 atom stereocenters. The number of thiazole rings is 1. The molecule has 0 aromatic carbocycles. The van der Waals surface area contributed by atoms with Crippen molar-refractivity contribution in [2.24, 2.45) is 12.2 Å². The van der Waals surface area contributed by atoms with Crippen LogP contribution in [-0.4, -0.2) is 90.7 Å². The van der Waals surface area contributed by atoms with Crippen LogP contribution in [0.5, 0.6) is 5.75 Å². The number of hydrogen-bond acceptors (Lipinski definition) is 13. The SMILES string of the molecule is Cn1cc(O)c(=O)cc1C(=O)NC[C@@H]1[C@H](NC(=O)/C(=N\OC(C)(C)C(=O)O)c2csc(N)n2)C(=O)N1S(=O)(=O)O. The smallest absolute Gasteiger partial charge is 0.362 e. The Morgan fingerprint density at radius 3 is 2.50 bits per heavy atom. The molecule has 0 saturated carbocycles. The highest BCUT2D eigenvalue weighted by atomic mass is 32.2. The molecule has 1 aliphatic heterocycles. The largest absolute Gasteiger partial charge is 0.503 e. The van der Waals surface area contributed by atoms with Gasteiger partial charge in [-0.15, -0.1) is 11.3 Å². The third-order valence-corrected chi connectivity index (χ3v) is 7.11. The highest BCUT2D eigenvalue weighted by molar-refractivity contribution is 7.84. The summed E-state index contributed by atoms with van der Waals surface area (Å²) < 4.78 is 34.2. The van der Waals surface area contributed by atoms with Crippen molar-refractivity contribution in [3.63, 3.8) is 0 Å². The zero-order valence-electron chi connectivity index (χ0n) is 20.9. The van der Waals surface area contributed by atoms with Crippen LogP contribution in [-0.2, 0) is 36.6 Å². The number of nitrogens with two attached hydrogens (primary N) is 1. The number of nitrogen functional groups attached to an aromatic ring is 1. The average Bonchev–Trinajstić information content (AvgIpc) is 3.26. The van der Waals surface area contributed by atoms with Crippen LogP contribution in [0.3, 0.4) is 0 Å². The molecule has 0 bridgehead atoms. The van der Waals surface area contributed by atoms with Crippen LogP contribution in [0, 0.1) is 0 Å². The van der Waals surface area contributed by atoms with E-state index in [0.717, 1.165) is 42.0 Å². The van der Waals surface area contributed by atoms with Gasteiger partial charge in [0, 0.05) is 25.0 Å². The number of aromatic nitrogens is 2. The van der Waals surface area contributed by atoms with E-state index in [-0.39, 0.29) is 20.8 Å². The summed E-state index contributed by atoms with van der Waals surface area (Å²) in [4.78, 5) is 70.2. The van der Waals surface area contributed by atoms with E-state index in [9.17, 15) is 47.2 Å². The quantitative estimate of drug-likeness (QED) is 0.0721. The van der Waals surface area contributed by atoms with E-state index in [1.165, 1.54) is 12.4 Å². The van der Waals surface area contributed by atoms with Crippen LogP contribution in [0.2, 0.25) is 0 Å². The number of aryl methyl sites for hydroxylation is 1. The van der Waals surface area contributed by atoms with Crippen molar-refractivity contribution >= 4 is 56.2 Å². The first-order chi connectivity index (χ1) is 18.4. The highest BCUT2D eigenvalue weighted by Crippen LogP contribution is 2.24. The van der Waals surface area contributed by atoms with Gasteiger partial charge in [0.1, 0.15) is 17.4 Å². The lowest BCUT2D eigenvalue weighted by Crippen LogP contribution is -2.74. The Morgan fingerprint density at radius 1 is 1.30 bits per heavy atom. The maximum absolute atomic E-state index is 13.1. The maximum atomic E-state index is 13.1.